The molecule has 22 heavy (non-hydrogen) atoms. The molecular formula is C15H15FN2O4. The Hall–Kier alpha value is -2.70. The first-order valence-corrected chi connectivity index (χ1v) is 6.57. The van der Waals surface area contributed by atoms with Gasteiger partial charge in [0.25, 0.3) is 0 Å². The van der Waals surface area contributed by atoms with E-state index in [1.54, 1.807) is 20.8 Å². The van der Waals surface area contributed by atoms with Gasteiger partial charge >= 0.3 is 5.97 Å². The van der Waals surface area contributed by atoms with E-state index in [4.69, 9.17) is 9.63 Å². The van der Waals surface area contributed by atoms with Crippen LogP contribution in [0.25, 0.3) is 0 Å². The Morgan fingerprint density at radius 2 is 2.05 bits per heavy atom. The molecule has 2 N–H and O–H groups in total. The van der Waals surface area contributed by atoms with Gasteiger partial charge in [-0.05, 0) is 39.0 Å². The lowest BCUT2D eigenvalue weighted by Gasteiger charge is -2.13. The lowest BCUT2D eigenvalue weighted by Crippen LogP contribution is -2.20. The Morgan fingerprint density at radius 1 is 1.36 bits per heavy atom. The number of hydrogen-bond acceptors (Lipinski definition) is 4. The van der Waals surface area contributed by atoms with Crippen LogP contribution < -0.4 is 5.32 Å². The third kappa shape index (κ3) is 2.98. The summed E-state index contributed by atoms with van der Waals surface area (Å²) in [5, 5.41) is 15.1. The molecule has 0 fully saturated rings. The van der Waals surface area contributed by atoms with Crippen LogP contribution in [0.5, 0.6) is 0 Å². The maximum absolute atomic E-state index is 13.7. The molecule has 1 aromatic heterocycles. The first-order valence-electron chi connectivity index (χ1n) is 6.57. The molecule has 0 unspecified atom stereocenters. The van der Waals surface area contributed by atoms with Crippen molar-refractivity contribution in [2.75, 3.05) is 5.32 Å². The second-order valence-electron chi connectivity index (χ2n) is 4.95. The summed E-state index contributed by atoms with van der Waals surface area (Å²) in [6.45, 7) is 5.03. The molecule has 0 bridgehead atoms. The SMILES string of the molecule is Cc1noc(C)c1[C@H](C)C(=O)Nc1cc(C(=O)O)ccc1F. The van der Waals surface area contributed by atoms with Crippen LogP contribution >= 0.6 is 0 Å². The highest BCUT2D eigenvalue weighted by Crippen LogP contribution is 2.25. The second-order valence-corrected chi connectivity index (χ2v) is 4.95. The van der Waals surface area contributed by atoms with Gasteiger partial charge in [0.1, 0.15) is 11.6 Å². The van der Waals surface area contributed by atoms with Crippen molar-refractivity contribution in [1.82, 2.24) is 5.16 Å². The maximum Gasteiger partial charge on any atom is 0.335 e. The maximum atomic E-state index is 13.7. The van der Waals surface area contributed by atoms with Crippen LogP contribution in [0.2, 0.25) is 0 Å². The number of carbonyl (C=O) groups excluding carboxylic acids is 1. The molecule has 0 radical (unpaired) electrons. The predicted octanol–water partition coefficient (Wildman–Crippen LogP) is 2.87. The summed E-state index contributed by atoms with van der Waals surface area (Å²) in [5.41, 5.74) is 0.928. The fourth-order valence-electron chi connectivity index (χ4n) is 2.23. The van der Waals surface area contributed by atoms with E-state index in [-0.39, 0.29) is 11.3 Å². The number of carbonyl (C=O) groups is 2. The summed E-state index contributed by atoms with van der Waals surface area (Å²) in [5.74, 6) is -2.48. The summed E-state index contributed by atoms with van der Waals surface area (Å²) in [4.78, 5) is 23.2. The number of aromatic carboxylic acids is 1. The van der Waals surface area contributed by atoms with Crippen molar-refractivity contribution in [1.29, 1.82) is 0 Å². The van der Waals surface area contributed by atoms with E-state index in [1.807, 2.05) is 0 Å². The molecule has 7 heteroatoms. The first-order chi connectivity index (χ1) is 10.3. The highest BCUT2D eigenvalue weighted by atomic mass is 19.1. The quantitative estimate of drug-likeness (QED) is 0.906. The molecule has 0 spiro atoms. The van der Waals surface area contributed by atoms with Gasteiger partial charge in [-0.15, -0.1) is 0 Å². The number of amides is 1. The lowest BCUT2D eigenvalue weighted by molar-refractivity contribution is -0.117. The predicted molar refractivity (Wildman–Crippen MR) is 76.4 cm³/mol. The van der Waals surface area contributed by atoms with Crippen molar-refractivity contribution >= 4 is 17.6 Å². The van der Waals surface area contributed by atoms with Crippen LogP contribution in [0, 0.1) is 19.7 Å². The summed E-state index contributed by atoms with van der Waals surface area (Å²) in [7, 11) is 0. The van der Waals surface area contributed by atoms with Gasteiger partial charge in [0, 0.05) is 5.56 Å². The third-order valence-corrected chi connectivity index (χ3v) is 3.39. The molecule has 0 saturated heterocycles. The van der Waals surface area contributed by atoms with Gasteiger partial charge in [0.2, 0.25) is 5.91 Å². The molecule has 2 rings (SSSR count). The zero-order valence-corrected chi connectivity index (χ0v) is 12.3. The number of anilines is 1. The van der Waals surface area contributed by atoms with Crippen LogP contribution in [0.1, 0.15) is 40.2 Å². The number of benzene rings is 1. The molecule has 1 atom stereocenters. The third-order valence-electron chi connectivity index (χ3n) is 3.39. The standard InChI is InChI=1S/C15H15FN2O4/c1-7(13-8(2)18-22-9(13)3)14(19)17-12-6-10(15(20)21)4-5-11(12)16/h4-7H,1-3H3,(H,17,19)(H,20,21)/t7-/m0/s1. The molecule has 0 aliphatic rings. The lowest BCUT2D eigenvalue weighted by atomic mass is 9.98. The van der Waals surface area contributed by atoms with E-state index in [9.17, 15) is 14.0 Å². The molecule has 2 aromatic rings. The average molecular weight is 306 g/mol. The molecule has 0 saturated carbocycles. The fraction of sp³-hybridized carbons (Fsp3) is 0.267. The second kappa shape index (κ2) is 5.97. The van der Waals surface area contributed by atoms with Crippen molar-refractivity contribution in [2.24, 2.45) is 0 Å². The van der Waals surface area contributed by atoms with Crippen LogP contribution in [-0.4, -0.2) is 22.1 Å². The van der Waals surface area contributed by atoms with E-state index < -0.39 is 23.6 Å². The van der Waals surface area contributed by atoms with Crippen molar-refractivity contribution in [3.63, 3.8) is 0 Å². The number of hydrogen-bond donors (Lipinski definition) is 2. The number of nitrogens with zero attached hydrogens (tertiary/aromatic N) is 1. The van der Waals surface area contributed by atoms with Gasteiger partial charge in [-0.1, -0.05) is 5.16 Å². The Labute approximate surface area is 125 Å². The van der Waals surface area contributed by atoms with E-state index in [2.05, 4.69) is 10.5 Å². The van der Waals surface area contributed by atoms with E-state index >= 15 is 0 Å². The molecule has 6 nitrogen and oxygen atoms in total. The fourth-order valence-corrected chi connectivity index (χ4v) is 2.23. The highest BCUT2D eigenvalue weighted by Gasteiger charge is 2.24. The van der Waals surface area contributed by atoms with E-state index in [0.717, 1.165) is 18.2 Å². The summed E-state index contributed by atoms with van der Waals surface area (Å²) >= 11 is 0. The number of aromatic nitrogens is 1. The normalized spacial score (nSPS) is 12.0. The molecule has 0 aliphatic heterocycles. The smallest absolute Gasteiger partial charge is 0.335 e. The van der Waals surface area contributed by atoms with Crippen LogP contribution in [-0.2, 0) is 4.79 Å². The monoisotopic (exact) mass is 306 g/mol. The highest BCUT2D eigenvalue weighted by molar-refractivity contribution is 5.97. The summed E-state index contributed by atoms with van der Waals surface area (Å²) in [6.07, 6.45) is 0. The van der Waals surface area contributed by atoms with Crippen LogP contribution in [0.15, 0.2) is 22.7 Å². The van der Waals surface area contributed by atoms with E-state index in [0.29, 0.717) is 17.0 Å². The number of rotatable bonds is 4. The Kier molecular flexibility index (Phi) is 4.25. The first kappa shape index (κ1) is 15.7. The van der Waals surface area contributed by atoms with Crippen molar-refractivity contribution in [2.45, 2.75) is 26.7 Å². The van der Waals surface area contributed by atoms with Crippen molar-refractivity contribution < 1.29 is 23.6 Å². The van der Waals surface area contributed by atoms with Gasteiger partial charge in [-0.2, -0.15) is 0 Å². The van der Waals surface area contributed by atoms with Gasteiger partial charge in [0.05, 0.1) is 22.9 Å². The Bertz CT molecular complexity index is 720. The molecule has 116 valence electrons. The minimum absolute atomic E-state index is 0.110. The number of carboxylic acids is 1. The van der Waals surface area contributed by atoms with Crippen molar-refractivity contribution in [3.8, 4) is 0 Å². The average Bonchev–Trinajstić information content (AvgIpc) is 2.79. The zero-order valence-electron chi connectivity index (χ0n) is 12.3. The number of nitrogens with one attached hydrogen (secondary N) is 1. The number of halogens is 1. The Morgan fingerprint density at radius 3 is 2.59 bits per heavy atom. The Balaban J connectivity index is 2.25. The van der Waals surface area contributed by atoms with Gasteiger partial charge in [0.15, 0.2) is 0 Å². The van der Waals surface area contributed by atoms with Crippen LogP contribution in [0.3, 0.4) is 0 Å². The molecule has 1 heterocycles. The number of aryl methyl sites for hydroxylation is 2. The molecule has 1 amide bonds. The minimum Gasteiger partial charge on any atom is -0.478 e. The number of carboxylic acid groups (broad SMARTS) is 1. The van der Waals surface area contributed by atoms with Gasteiger partial charge in [-0.25, -0.2) is 9.18 Å². The summed E-state index contributed by atoms with van der Waals surface area (Å²) in [6, 6.07) is 3.21. The minimum atomic E-state index is -1.20. The van der Waals surface area contributed by atoms with E-state index in [1.165, 1.54) is 0 Å². The van der Waals surface area contributed by atoms with Gasteiger partial charge in [-0.3, -0.25) is 4.79 Å². The largest absolute Gasteiger partial charge is 0.478 e. The van der Waals surface area contributed by atoms with Crippen LogP contribution in [0.4, 0.5) is 10.1 Å². The summed E-state index contributed by atoms with van der Waals surface area (Å²) < 4.78 is 18.7. The molecule has 1 aromatic carbocycles. The molecular weight excluding hydrogens is 291 g/mol. The van der Waals surface area contributed by atoms with Gasteiger partial charge < -0.3 is 14.9 Å². The molecule has 0 aliphatic carbocycles. The van der Waals surface area contributed by atoms with Crippen molar-refractivity contribution in [3.05, 3.63) is 46.6 Å². The zero-order chi connectivity index (χ0) is 16.4. The topological polar surface area (TPSA) is 92.4 Å².